The minimum absolute atomic E-state index is 0.159. The van der Waals surface area contributed by atoms with Crippen LogP contribution >= 0.6 is 11.3 Å². The number of hydrogen-bond acceptors (Lipinski definition) is 5. The first-order valence-corrected chi connectivity index (χ1v) is 8.39. The molecule has 0 aliphatic rings. The summed E-state index contributed by atoms with van der Waals surface area (Å²) in [4.78, 5) is 16.6. The van der Waals surface area contributed by atoms with E-state index in [1.807, 2.05) is 6.92 Å². The number of aromatic nitrogens is 1. The van der Waals surface area contributed by atoms with Crippen molar-refractivity contribution in [2.45, 2.75) is 20.8 Å². The van der Waals surface area contributed by atoms with Gasteiger partial charge in [-0.2, -0.15) is 0 Å². The number of hydrogen-bond donors (Lipinski definition) is 1. The number of thiazole rings is 1. The fourth-order valence-electron chi connectivity index (χ4n) is 2.42. The highest BCUT2D eigenvalue weighted by Crippen LogP contribution is 2.32. The van der Waals surface area contributed by atoms with Crippen molar-refractivity contribution >= 4 is 28.1 Å². The topological polar surface area (TPSA) is 65.0 Å². The molecule has 1 heterocycles. The molecule has 0 saturated carbocycles. The van der Waals surface area contributed by atoms with Crippen LogP contribution in [0, 0.1) is 20.8 Å². The Bertz CT molecular complexity index is 898. The minimum atomic E-state index is -1.18. The van der Waals surface area contributed by atoms with Gasteiger partial charge in [0.05, 0.1) is 11.7 Å². The summed E-state index contributed by atoms with van der Waals surface area (Å²) < 4.78 is 0. The predicted molar refractivity (Wildman–Crippen MR) is 95.8 cm³/mol. The molecular formula is C19H17N2O2S-. The molecule has 0 spiro atoms. The first-order valence-electron chi connectivity index (χ1n) is 7.57. The summed E-state index contributed by atoms with van der Waals surface area (Å²) in [5.41, 5.74) is 5.53. The molecule has 0 amide bonds. The van der Waals surface area contributed by atoms with Crippen molar-refractivity contribution in [2.75, 3.05) is 5.32 Å². The summed E-state index contributed by atoms with van der Waals surface area (Å²) in [6.07, 6.45) is 0. The molecule has 24 heavy (non-hydrogen) atoms. The molecule has 0 fully saturated rings. The van der Waals surface area contributed by atoms with E-state index in [0.29, 0.717) is 0 Å². The van der Waals surface area contributed by atoms with Crippen molar-refractivity contribution in [1.29, 1.82) is 0 Å². The Morgan fingerprint density at radius 3 is 2.38 bits per heavy atom. The number of benzene rings is 2. The maximum absolute atomic E-state index is 10.8. The van der Waals surface area contributed by atoms with E-state index in [1.165, 1.54) is 23.3 Å². The zero-order chi connectivity index (χ0) is 17.3. The van der Waals surface area contributed by atoms with Crippen molar-refractivity contribution in [3.05, 3.63) is 64.0 Å². The Morgan fingerprint density at radius 1 is 1.04 bits per heavy atom. The largest absolute Gasteiger partial charge is 0.545 e. The zero-order valence-corrected chi connectivity index (χ0v) is 14.5. The third kappa shape index (κ3) is 3.31. The molecule has 0 atom stereocenters. The molecule has 0 bridgehead atoms. The lowest BCUT2D eigenvalue weighted by Crippen LogP contribution is -2.21. The number of carbonyl (C=O) groups is 1. The number of aromatic carboxylic acids is 1. The molecule has 0 aliphatic heterocycles. The van der Waals surface area contributed by atoms with Crippen LogP contribution < -0.4 is 10.4 Å². The van der Waals surface area contributed by atoms with Crippen molar-refractivity contribution in [2.24, 2.45) is 0 Å². The summed E-state index contributed by atoms with van der Waals surface area (Å²) in [5.74, 6) is -1.18. The van der Waals surface area contributed by atoms with Gasteiger partial charge in [0.25, 0.3) is 0 Å². The average Bonchev–Trinajstić information content (AvgIpc) is 2.91. The minimum Gasteiger partial charge on any atom is -0.545 e. The fourth-order valence-corrected chi connectivity index (χ4v) is 3.28. The number of carboxylic acids is 1. The van der Waals surface area contributed by atoms with Gasteiger partial charge in [-0.15, -0.1) is 11.3 Å². The van der Waals surface area contributed by atoms with Gasteiger partial charge in [0.2, 0.25) is 0 Å². The zero-order valence-electron chi connectivity index (χ0n) is 13.7. The lowest BCUT2D eigenvalue weighted by Gasteiger charge is -2.05. The highest BCUT2D eigenvalue weighted by Gasteiger charge is 2.11. The SMILES string of the molecule is Cc1ccc(-c2nc(Nc3ccc(C(=O)[O-])cc3)sc2C)cc1C. The highest BCUT2D eigenvalue weighted by molar-refractivity contribution is 7.16. The number of carbonyl (C=O) groups excluding carboxylic acids is 1. The summed E-state index contributed by atoms with van der Waals surface area (Å²) in [7, 11) is 0. The number of anilines is 2. The van der Waals surface area contributed by atoms with Gasteiger partial charge in [0, 0.05) is 16.1 Å². The third-order valence-electron chi connectivity index (χ3n) is 3.95. The molecule has 3 aromatic rings. The summed E-state index contributed by atoms with van der Waals surface area (Å²) in [5, 5.41) is 14.8. The van der Waals surface area contributed by atoms with Gasteiger partial charge in [-0.3, -0.25) is 0 Å². The molecule has 0 saturated heterocycles. The molecule has 122 valence electrons. The Labute approximate surface area is 144 Å². The Kier molecular flexibility index (Phi) is 4.36. The van der Waals surface area contributed by atoms with Crippen LogP contribution in [0.25, 0.3) is 11.3 Å². The molecule has 0 aliphatic carbocycles. The van der Waals surface area contributed by atoms with Crippen LogP contribution in [0.3, 0.4) is 0 Å². The summed E-state index contributed by atoms with van der Waals surface area (Å²) in [6, 6.07) is 12.8. The van der Waals surface area contributed by atoms with Crippen LogP contribution in [0.2, 0.25) is 0 Å². The number of nitrogens with zero attached hydrogens (tertiary/aromatic N) is 1. The predicted octanol–water partition coefficient (Wildman–Crippen LogP) is 3.84. The van der Waals surface area contributed by atoms with Gasteiger partial charge in [0.15, 0.2) is 5.13 Å². The van der Waals surface area contributed by atoms with Crippen molar-refractivity contribution in [1.82, 2.24) is 4.98 Å². The van der Waals surface area contributed by atoms with Crippen molar-refractivity contribution < 1.29 is 9.90 Å². The van der Waals surface area contributed by atoms with Crippen LogP contribution in [0.5, 0.6) is 0 Å². The van der Waals surface area contributed by atoms with Crippen LogP contribution in [-0.4, -0.2) is 11.0 Å². The number of aryl methyl sites for hydroxylation is 3. The Morgan fingerprint density at radius 2 is 1.75 bits per heavy atom. The van der Waals surface area contributed by atoms with E-state index in [-0.39, 0.29) is 5.56 Å². The summed E-state index contributed by atoms with van der Waals surface area (Å²) >= 11 is 1.57. The molecule has 4 nitrogen and oxygen atoms in total. The van der Waals surface area contributed by atoms with Crippen LogP contribution in [-0.2, 0) is 0 Å². The number of rotatable bonds is 4. The standard InChI is InChI=1S/C19H18N2O2S/c1-11-4-5-15(10-12(11)2)17-13(3)24-19(21-17)20-16-8-6-14(7-9-16)18(22)23/h4-10H,1-3H3,(H,20,21)(H,22,23)/p-1. The highest BCUT2D eigenvalue weighted by atomic mass is 32.1. The first-order chi connectivity index (χ1) is 11.4. The van der Waals surface area contributed by atoms with E-state index in [4.69, 9.17) is 0 Å². The fraction of sp³-hybridized carbons (Fsp3) is 0.158. The smallest absolute Gasteiger partial charge is 0.187 e. The average molecular weight is 337 g/mol. The number of nitrogens with one attached hydrogen (secondary N) is 1. The van der Waals surface area contributed by atoms with Crippen LogP contribution in [0.1, 0.15) is 26.4 Å². The van der Waals surface area contributed by atoms with E-state index in [2.05, 4.69) is 42.3 Å². The second kappa shape index (κ2) is 6.45. The van der Waals surface area contributed by atoms with Gasteiger partial charge in [-0.1, -0.05) is 24.3 Å². The summed E-state index contributed by atoms with van der Waals surface area (Å²) in [6.45, 7) is 6.24. The first kappa shape index (κ1) is 16.2. The lowest BCUT2D eigenvalue weighted by atomic mass is 10.0. The van der Waals surface area contributed by atoms with Crippen molar-refractivity contribution in [3.8, 4) is 11.3 Å². The second-order valence-electron chi connectivity index (χ2n) is 5.71. The van der Waals surface area contributed by atoms with E-state index in [0.717, 1.165) is 27.0 Å². The van der Waals surface area contributed by atoms with Crippen LogP contribution in [0.4, 0.5) is 10.8 Å². The monoisotopic (exact) mass is 337 g/mol. The van der Waals surface area contributed by atoms with Gasteiger partial charge in [-0.05, 0) is 55.7 Å². The molecule has 0 radical (unpaired) electrons. The second-order valence-corrected chi connectivity index (χ2v) is 6.92. The van der Waals surface area contributed by atoms with E-state index >= 15 is 0 Å². The van der Waals surface area contributed by atoms with Crippen LogP contribution in [0.15, 0.2) is 42.5 Å². The van der Waals surface area contributed by atoms with Gasteiger partial charge in [-0.25, -0.2) is 4.98 Å². The van der Waals surface area contributed by atoms with E-state index < -0.39 is 5.97 Å². The Hall–Kier alpha value is -2.66. The van der Waals surface area contributed by atoms with Crippen molar-refractivity contribution in [3.63, 3.8) is 0 Å². The molecular weight excluding hydrogens is 320 g/mol. The quantitative estimate of drug-likeness (QED) is 0.785. The van der Waals surface area contributed by atoms with Gasteiger partial charge >= 0.3 is 0 Å². The molecule has 2 aromatic carbocycles. The molecule has 1 N–H and O–H groups in total. The third-order valence-corrected chi connectivity index (χ3v) is 4.84. The maximum Gasteiger partial charge on any atom is 0.187 e. The molecule has 3 rings (SSSR count). The normalized spacial score (nSPS) is 10.6. The molecule has 1 aromatic heterocycles. The lowest BCUT2D eigenvalue weighted by molar-refractivity contribution is -0.255. The molecule has 5 heteroatoms. The number of carboxylic acid groups (broad SMARTS) is 1. The van der Waals surface area contributed by atoms with E-state index in [1.54, 1.807) is 23.5 Å². The van der Waals surface area contributed by atoms with Gasteiger partial charge in [0.1, 0.15) is 0 Å². The molecule has 0 unspecified atom stereocenters. The van der Waals surface area contributed by atoms with Gasteiger partial charge < -0.3 is 15.2 Å². The maximum atomic E-state index is 10.8. The van der Waals surface area contributed by atoms with E-state index in [9.17, 15) is 9.90 Å². The Balaban J connectivity index is 1.85.